The zero-order valence-electron chi connectivity index (χ0n) is 14.6. The molecule has 0 aliphatic rings. The maximum Gasteiger partial charge on any atom is 0.210 e. The fourth-order valence-electron chi connectivity index (χ4n) is 3.24. The molecular formula is C24H19NO. The Hall–Kier alpha value is -3.39. The van der Waals surface area contributed by atoms with Crippen LogP contribution in [-0.2, 0) is 0 Å². The molecular weight excluding hydrogens is 318 g/mol. The SMILES string of the molecule is Cc1cccc(-c2ccn(-c3ccccc3)c2C(=O)c2ccccc2)c1. The van der Waals surface area contributed by atoms with Gasteiger partial charge in [-0.05, 0) is 30.7 Å². The van der Waals surface area contributed by atoms with Crippen LogP contribution in [0.3, 0.4) is 0 Å². The van der Waals surface area contributed by atoms with Gasteiger partial charge in [0.25, 0.3) is 0 Å². The molecule has 0 unspecified atom stereocenters. The Balaban J connectivity index is 1.93. The molecule has 26 heavy (non-hydrogen) atoms. The van der Waals surface area contributed by atoms with E-state index in [1.807, 2.05) is 83.6 Å². The second-order valence-corrected chi connectivity index (χ2v) is 6.35. The van der Waals surface area contributed by atoms with E-state index < -0.39 is 0 Å². The molecule has 4 aromatic rings. The molecule has 0 saturated heterocycles. The first-order chi connectivity index (χ1) is 12.7. The van der Waals surface area contributed by atoms with Gasteiger partial charge in [-0.1, -0.05) is 78.4 Å². The number of carbonyl (C=O) groups is 1. The lowest BCUT2D eigenvalue weighted by atomic mass is 9.99. The van der Waals surface area contributed by atoms with Gasteiger partial charge in [0.15, 0.2) is 0 Å². The number of hydrogen-bond acceptors (Lipinski definition) is 1. The maximum atomic E-state index is 13.4. The highest BCUT2D eigenvalue weighted by atomic mass is 16.1. The van der Waals surface area contributed by atoms with Crippen molar-refractivity contribution >= 4 is 5.78 Å². The van der Waals surface area contributed by atoms with Crippen molar-refractivity contribution in [1.29, 1.82) is 0 Å². The highest BCUT2D eigenvalue weighted by Gasteiger charge is 2.20. The van der Waals surface area contributed by atoms with E-state index in [1.54, 1.807) is 0 Å². The molecule has 4 rings (SSSR count). The average Bonchev–Trinajstić information content (AvgIpc) is 3.14. The molecule has 126 valence electrons. The van der Waals surface area contributed by atoms with Crippen LogP contribution >= 0.6 is 0 Å². The predicted molar refractivity (Wildman–Crippen MR) is 106 cm³/mol. The van der Waals surface area contributed by atoms with E-state index >= 15 is 0 Å². The molecule has 0 fully saturated rings. The third-order valence-electron chi connectivity index (χ3n) is 4.50. The molecule has 0 spiro atoms. The van der Waals surface area contributed by atoms with Crippen LogP contribution in [0.15, 0.2) is 97.2 Å². The number of aromatic nitrogens is 1. The number of para-hydroxylation sites is 1. The molecule has 0 aliphatic heterocycles. The molecule has 0 saturated carbocycles. The highest BCUT2D eigenvalue weighted by molar-refractivity contribution is 6.12. The van der Waals surface area contributed by atoms with Gasteiger partial charge >= 0.3 is 0 Å². The van der Waals surface area contributed by atoms with E-state index in [-0.39, 0.29) is 5.78 Å². The van der Waals surface area contributed by atoms with Crippen LogP contribution in [0.4, 0.5) is 0 Å². The minimum atomic E-state index is 0.0240. The average molecular weight is 337 g/mol. The first-order valence-corrected chi connectivity index (χ1v) is 8.67. The van der Waals surface area contributed by atoms with Gasteiger partial charge in [0, 0.05) is 23.0 Å². The van der Waals surface area contributed by atoms with Crippen molar-refractivity contribution in [2.45, 2.75) is 6.92 Å². The summed E-state index contributed by atoms with van der Waals surface area (Å²) in [6, 6.07) is 29.7. The van der Waals surface area contributed by atoms with Gasteiger partial charge in [-0.15, -0.1) is 0 Å². The van der Waals surface area contributed by atoms with E-state index in [0.717, 1.165) is 16.8 Å². The Morgan fingerprint density at radius 3 is 2.15 bits per heavy atom. The fourth-order valence-corrected chi connectivity index (χ4v) is 3.24. The molecule has 0 radical (unpaired) electrons. The summed E-state index contributed by atoms with van der Waals surface area (Å²) in [5, 5.41) is 0. The van der Waals surface area contributed by atoms with Crippen LogP contribution in [-0.4, -0.2) is 10.4 Å². The summed E-state index contributed by atoms with van der Waals surface area (Å²) in [7, 11) is 0. The van der Waals surface area contributed by atoms with Crippen molar-refractivity contribution in [2.75, 3.05) is 0 Å². The Labute approximate surface area is 153 Å². The molecule has 0 aliphatic carbocycles. The van der Waals surface area contributed by atoms with Crippen LogP contribution < -0.4 is 0 Å². The van der Waals surface area contributed by atoms with E-state index in [9.17, 15) is 4.79 Å². The standard InChI is InChI=1S/C24H19NO/c1-18-9-8-12-20(17-18)22-15-16-25(21-13-6-3-7-14-21)23(22)24(26)19-10-4-2-5-11-19/h2-17H,1H3. The third-order valence-corrected chi connectivity index (χ3v) is 4.50. The zero-order chi connectivity index (χ0) is 17.9. The van der Waals surface area contributed by atoms with Crippen molar-refractivity contribution in [2.24, 2.45) is 0 Å². The molecule has 0 bridgehead atoms. The molecule has 0 atom stereocenters. The van der Waals surface area contributed by atoms with Crippen LogP contribution in [0.25, 0.3) is 16.8 Å². The number of ketones is 1. The summed E-state index contributed by atoms with van der Waals surface area (Å²) < 4.78 is 1.98. The molecule has 0 N–H and O–H groups in total. The molecule has 3 aromatic carbocycles. The summed E-state index contributed by atoms with van der Waals surface area (Å²) in [5.41, 5.74) is 5.54. The van der Waals surface area contributed by atoms with E-state index in [1.165, 1.54) is 5.56 Å². The van der Waals surface area contributed by atoms with E-state index in [4.69, 9.17) is 0 Å². The number of benzene rings is 3. The predicted octanol–water partition coefficient (Wildman–Crippen LogP) is 5.68. The van der Waals surface area contributed by atoms with Gasteiger partial charge in [-0.3, -0.25) is 4.79 Å². The second kappa shape index (κ2) is 6.85. The topological polar surface area (TPSA) is 22.0 Å². The van der Waals surface area contributed by atoms with Crippen molar-refractivity contribution in [1.82, 2.24) is 4.57 Å². The number of rotatable bonds is 4. The van der Waals surface area contributed by atoms with Crippen LogP contribution in [0, 0.1) is 6.92 Å². The van der Waals surface area contributed by atoms with Crippen LogP contribution in [0.5, 0.6) is 0 Å². The summed E-state index contributed by atoms with van der Waals surface area (Å²) in [6.07, 6.45) is 1.98. The Morgan fingerprint density at radius 1 is 0.769 bits per heavy atom. The summed E-state index contributed by atoms with van der Waals surface area (Å²) in [6.45, 7) is 2.07. The summed E-state index contributed by atoms with van der Waals surface area (Å²) in [4.78, 5) is 13.4. The molecule has 2 heteroatoms. The minimum Gasteiger partial charge on any atom is -0.313 e. The fraction of sp³-hybridized carbons (Fsp3) is 0.0417. The van der Waals surface area contributed by atoms with Crippen molar-refractivity contribution < 1.29 is 4.79 Å². The number of hydrogen-bond donors (Lipinski definition) is 0. The van der Waals surface area contributed by atoms with Crippen LogP contribution in [0.1, 0.15) is 21.6 Å². The summed E-state index contributed by atoms with van der Waals surface area (Å²) >= 11 is 0. The lowest BCUT2D eigenvalue weighted by Crippen LogP contribution is -2.09. The Morgan fingerprint density at radius 2 is 1.46 bits per heavy atom. The normalized spacial score (nSPS) is 10.7. The van der Waals surface area contributed by atoms with Crippen molar-refractivity contribution in [3.05, 3.63) is 114 Å². The van der Waals surface area contributed by atoms with Crippen molar-refractivity contribution in [3.63, 3.8) is 0 Å². The van der Waals surface area contributed by atoms with Gasteiger partial charge in [0.1, 0.15) is 5.69 Å². The number of aryl methyl sites for hydroxylation is 1. The molecule has 2 nitrogen and oxygen atoms in total. The second-order valence-electron chi connectivity index (χ2n) is 6.35. The minimum absolute atomic E-state index is 0.0240. The lowest BCUT2D eigenvalue weighted by molar-refractivity contribution is 0.103. The Kier molecular flexibility index (Phi) is 4.24. The Bertz CT molecular complexity index is 1050. The first-order valence-electron chi connectivity index (χ1n) is 8.67. The molecule has 1 aromatic heterocycles. The zero-order valence-corrected chi connectivity index (χ0v) is 14.6. The van der Waals surface area contributed by atoms with Gasteiger partial charge in [-0.2, -0.15) is 0 Å². The van der Waals surface area contributed by atoms with E-state index in [0.29, 0.717) is 11.3 Å². The van der Waals surface area contributed by atoms with Crippen molar-refractivity contribution in [3.8, 4) is 16.8 Å². The quantitative estimate of drug-likeness (QED) is 0.439. The van der Waals surface area contributed by atoms with Gasteiger partial charge < -0.3 is 4.57 Å². The monoisotopic (exact) mass is 337 g/mol. The third kappa shape index (κ3) is 2.98. The van der Waals surface area contributed by atoms with Gasteiger partial charge in [0.2, 0.25) is 5.78 Å². The highest BCUT2D eigenvalue weighted by Crippen LogP contribution is 2.30. The van der Waals surface area contributed by atoms with Crippen LogP contribution in [0.2, 0.25) is 0 Å². The first kappa shape index (κ1) is 16.1. The molecule has 1 heterocycles. The maximum absolute atomic E-state index is 13.4. The number of nitrogens with zero attached hydrogens (tertiary/aromatic N) is 1. The van der Waals surface area contributed by atoms with E-state index in [2.05, 4.69) is 25.1 Å². The van der Waals surface area contributed by atoms with Gasteiger partial charge in [0.05, 0.1) is 0 Å². The largest absolute Gasteiger partial charge is 0.313 e. The van der Waals surface area contributed by atoms with Gasteiger partial charge in [-0.25, -0.2) is 0 Å². The molecule has 0 amide bonds. The lowest BCUT2D eigenvalue weighted by Gasteiger charge is -2.12. The number of carbonyl (C=O) groups excluding carboxylic acids is 1. The smallest absolute Gasteiger partial charge is 0.210 e. The summed E-state index contributed by atoms with van der Waals surface area (Å²) in [5.74, 6) is 0.0240.